The summed E-state index contributed by atoms with van der Waals surface area (Å²) in [4.78, 5) is 9.62. The molecule has 1 unspecified atom stereocenters. The van der Waals surface area contributed by atoms with Gasteiger partial charge in [-0.3, -0.25) is 0 Å². The van der Waals surface area contributed by atoms with Gasteiger partial charge in [-0.2, -0.15) is 5.26 Å². The second kappa shape index (κ2) is 5.33. The molecule has 0 aliphatic carbocycles. The number of nitrogens with zero attached hydrogens (tertiary/aromatic N) is 3. The maximum absolute atomic E-state index is 13.2. The summed E-state index contributed by atoms with van der Waals surface area (Å²) < 4.78 is 13.2. The Morgan fingerprint density at radius 2 is 2.35 bits per heavy atom. The number of piperidine rings is 1. The van der Waals surface area contributed by atoms with E-state index in [4.69, 9.17) is 5.26 Å². The van der Waals surface area contributed by atoms with E-state index < -0.39 is 0 Å². The van der Waals surface area contributed by atoms with Crippen molar-refractivity contribution in [3.63, 3.8) is 0 Å². The Labute approximate surface area is 116 Å². The number of anilines is 1. The first-order valence-electron chi connectivity index (χ1n) is 6.72. The summed E-state index contributed by atoms with van der Waals surface area (Å²) in [6, 6.07) is 6.48. The smallest absolute Gasteiger partial charge is 0.124 e. The van der Waals surface area contributed by atoms with Crippen molar-refractivity contribution in [2.75, 3.05) is 18.0 Å². The van der Waals surface area contributed by atoms with Crippen molar-refractivity contribution in [3.8, 4) is 6.07 Å². The van der Waals surface area contributed by atoms with Gasteiger partial charge < -0.3 is 9.88 Å². The van der Waals surface area contributed by atoms with Crippen LogP contribution in [-0.4, -0.2) is 23.1 Å². The summed E-state index contributed by atoms with van der Waals surface area (Å²) in [7, 11) is 0. The molecule has 4 nitrogen and oxygen atoms in total. The third-order valence-electron chi connectivity index (χ3n) is 3.75. The summed E-state index contributed by atoms with van der Waals surface area (Å²) in [5, 5.41) is 9.16. The van der Waals surface area contributed by atoms with Gasteiger partial charge in [0, 0.05) is 31.4 Å². The summed E-state index contributed by atoms with van der Waals surface area (Å²) in [5.74, 6) is 0.940. The maximum Gasteiger partial charge on any atom is 0.124 e. The third kappa shape index (κ3) is 2.37. The molecule has 1 saturated heterocycles. The van der Waals surface area contributed by atoms with E-state index in [9.17, 15) is 4.39 Å². The molecule has 5 heteroatoms. The molecular formula is C15H15FN4. The number of aromatic amines is 1. The normalized spacial score (nSPS) is 18.8. The van der Waals surface area contributed by atoms with Gasteiger partial charge in [-0.1, -0.05) is 0 Å². The standard InChI is InChI=1S/C15H15FN4/c16-13-3-4-14(12(8-13)9-17)20-7-1-2-11(10-20)15-18-5-6-19-15/h3-6,8,11H,1-2,7,10H2,(H,18,19). The van der Waals surface area contributed by atoms with Gasteiger partial charge in [0.1, 0.15) is 17.7 Å². The van der Waals surface area contributed by atoms with E-state index in [-0.39, 0.29) is 5.82 Å². The Balaban J connectivity index is 1.86. The van der Waals surface area contributed by atoms with Crippen LogP contribution in [-0.2, 0) is 0 Å². The van der Waals surface area contributed by atoms with Gasteiger partial charge in [0.25, 0.3) is 0 Å². The zero-order valence-corrected chi connectivity index (χ0v) is 11.0. The van der Waals surface area contributed by atoms with Crippen LogP contribution in [0.4, 0.5) is 10.1 Å². The summed E-state index contributed by atoms with van der Waals surface area (Å²) >= 11 is 0. The molecule has 2 heterocycles. The van der Waals surface area contributed by atoms with Crippen LogP contribution in [0.5, 0.6) is 0 Å². The zero-order chi connectivity index (χ0) is 13.9. The topological polar surface area (TPSA) is 55.7 Å². The fourth-order valence-electron chi connectivity index (χ4n) is 2.79. The van der Waals surface area contributed by atoms with Gasteiger partial charge in [-0.25, -0.2) is 9.37 Å². The molecule has 1 aliphatic heterocycles. The lowest BCUT2D eigenvalue weighted by Crippen LogP contribution is -2.35. The van der Waals surface area contributed by atoms with Gasteiger partial charge in [0.15, 0.2) is 0 Å². The Hall–Kier alpha value is -2.35. The molecule has 0 bridgehead atoms. The van der Waals surface area contributed by atoms with Crippen LogP contribution in [0.3, 0.4) is 0 Å². The van der Waals surface area contributed by atoms with Crippen LogP contribution in [0.2, 0.25) is 0 Å². The first-order valence-corrected chi connectivity index (χ1v) is 6.72. The Bertz CT molecular complexity index is 630. The fourth-order valence-corrected chi connectivity index (χ4v) is 2.79. The van der Waals surface area contributed by atoms with E-state index in [1.54, 1.807) is 12.3 Å². The molecule has 1 fully saturated rings. The summed E-state index contributed by atoms with van der Waals surface area (Å²) in [5.41, 5.74) is 1.20. The minimum absolute atomic E-state index is 0.329. The summed E-state index contributed by atoms with van der Waals surface area (Å²) in [6.45, 7) is 1.69. The molecular weight excluding hydrogens is 255 g/mol. The van der Waals surface area contributed by atoms with Crippen molar-refractivity contribution in [2.45, 2.75) is 18.8 Å². The molecule has 102 valence electrons. The van der Waals surface area contributed by atoms with Crippen LogP contribution in [0, 0.1) is 17.1 Å². The molecule has 20 heavy (non-hydrogen) atoms. The van der Waals surface area contributed by atoms with Gasteiger partial charge in [-0.15, -0.1) is 0 Å². The number of aromatic nitrogens is 2. The third-order valence-corrected chi connectivity index (χ3v) is 3.75. The van der Waals surface area contributed by atoms with Crippen LogP contribution < -0.4 is 4.90 Å². The van der Waals surface area contributed by atoms with Crippen molar-refractivity contribution in [1.29, 1.82) is 5.26 Å². The molecule has 0 radical (unpaired) electrons. The average molecular weight is 270 g/mol. The highest BCUT2D eigenvalue weighted by molar-refractivity contribution is 5.59. The molecule has 3 rings (SSSR count). The highest BCUT2D eigenvalue weighted by atomic mass is 19.1. The van der Waals surface area contributed by atoms with Crippen molar-refractivity contribution in [1.82, 2.24) is 9.97 Å². The van der Waals surface area contributed by atoms with Crippen molar-refractivity contribution in [3.05, 3.63) is 47.8 Å². The molecule has 1 aromatic heterocycles. The molecule has 0 spiro atoms. The number of nitrogens with one attached hydrogen (secondary N) is 1. The molecule has 0 saturated carbocycles. The number of H-pyrrole nitrogens is 1. The van der Waals surface area contributed by atoms with E-state index in [1.165, 1.54) is 12.1 Å². The van der Waals surface area contributed by atoms with Gasteiger partial charge in [0.05, 0.1) is 11.3 Å². The molecule has 0 amide bonds. The predicted molar refractivity (Wildman–Crippen MR) is 73.9 cm³/mol. The first-order chi connectivity index (χ1) is 9.78. The quantitative estimate of drug-likeness (QED) is 0.913. The van der Waals surface area contributed by atoms with Crippen molar-refractivity contribution < 1.29 is 4.39 Å². The lowest BCUT2D eigenvalue weighted by atomic mass is 9.96. The number of halogens is 1. The number of hydrogen-bond acceptors (Lipinski definition) is 3. The van der Waals surface area contributed by atoms with E-state index in [0.717, 1.165) is 37.4 Å². The highest BCUT2D eigenvalue weighted by Crippen LogP contribution is 2.30. The van der Waals surface area contributed by atoms with E-state index >= 15 is 0 Å². The van der Waals surface area contributed by atoms with Crippen LogP contribution in [0.15, 0.2) is 30.6 Å². The zero-order valence-electron chi connectivity index (χ0n) is 11.0. The van der Waals surface area contributed by atoms with E-state index in [1.807, 2.05) is 6.20 Å². The van der Waals surface area contributed by atoms with Gasteiger partial charge in [0.2, 0.25) is 0 Å². The molecule has 1 aromatic carbocycles. The second-order valence-corrected chi connectivity index (χ2v) is 5.03. The van der Waals surface area contributed by atoms with Crippen LogP contribution >= 0.6 is 0 Å². The number of rotatable bonds is 2. The lowest BCUT2D eigenvalue weighted by Gasteiger charge is -2.34. The van der Waals surface area contributed by atoms with E-state index in [0.29, 0.717) is 11.5 Å². The lowest BCUT2D eigenvalue weighted by molar-refractivity contribution is 0.494. The first kappa shape index (κ1) is 12.7. The Kier molecular flexibility index (Phi) is 3.38. The van der Waals surface area contributed by atoms with Crippen LogP contribution in [0.1, 0.15) is 30.1 Å². The largest absolute Gasteiger partial charge is 0.370 e. The predicted octanol–water partition coefficient (Wildman–Crippen LogP) is 2.80. The number of nitriles is 1. The van der Waals surface area contributed by atoms with Gasteiger partial charge >= 0.3 is 0 Å². The van der Waals surface area contributed by atoms with Crippen molar-refractivity contribution in [2.24, 2.45) is 0 Å². The minimum Gasteiger partial charge on any atom is -0.370 e. The fraction of sp³-hybridized carbons (Fsp3) is 0.333. The second-order valence-electron chi connectivity index (χ2n) is 5.03. The number of hydrogen-bond donors (Lipinski definition) is 1. The highest BCUT2D eigenvalue weighted by Gasteiger charge is 2.24. The van der Waals surface area contributed by atoms with E-state index in [2.05, 4.69) is 20.9 Å². The monoisotopic (exact) mass is 270 g/mol. The SMILES string of the molecule is N#Cc1cc(F)ccc1N1CCCC(c2ncc[nH]2)C1. The Morgan fingerprint density at radius 3 is 3.10 bits per heavy atom. The summed E-state index contributed by atoms with van der Waals surface area (Å²) in [6.07, 6.45) is 5.69. The number of imidazole rings is 1. The Morgan fingerprint density at radius 1 is 1.45 bits per heavy atom. The van der Waals surface area contributed by atoms with Crippen LogP contribution in [0.25, 0.3) is 0 Å². The minimum atomic E-state index is -0.370. The molecule has 1 aliphatic rings. The van der Waals surface area contributed by atoms with Crippen molar-refractivity contribution >= 4 is 5.69 Å². The maximum atomic E-state index is 13.2. The average Bonchev–Trinajstić information content (AvgIpc) is 3.01. The number of benzene rings is 1. The molecule has 1 atom stereocenters. The van der Waals surface area contributed by atoms with Gasteiger partial charge in [-0.05, 0) is 31.0 Å². The molecule has 2 aromatic rings. The molecule has 1 N–H and O–H groups in total.